The first-order valence-electron chi connectivity index (χ1n) is 9.37. The van der Waals surface area contributed by atoms with E-state index < -0.39 is 0 Å². The fraction of sp³-hybridized carbons (Fsp3) is 0.364. The lowest BCUT2D eigenvalue weighted by molar-refractivity contribution is 0.102. The molecule has 1 aliphatic heterocycles. The van der Waals surface area contributed by atoms with Crippen molar-refractivity contribution in [2.24, 2.45) is 0 Å². The van der Waals surface area contributed by atoms with Gasteiger partial charge in [-0.05, 0) is 30.8 Å². The van der Waals surface area contributed by atoms with Crippen LogP contribution in [0.2, 0.25) is 0 Å². The molecular weight excluding hydrogens is 336 g/mol. The van der Waals surface area contributed by atoms with Gasteiger partial charge in [0.1, 0.15) is 0 Å². The summed E-state index contributed by atoms with van der Waals surface area (Å²) in [6, 6.07) is 9.48. The zero-order chi connectivity index (χ0) is 19.6. The van der Waals surface area contributed by atoms with Gasteiger partial charge in [0, 0.05) is 50.0 Å². The standard InChI is InChI=1S/C20H22N4O.C2H6/c1-3-16-12-19(14-21-13-16)22-20(25)18-6-4-17(5-7-18)15-24-10-8-23(2)9-11-24;1-2/h1,4-7,12-14H,8-11,15H2,2H3,(H,22,25);1-2H3. The van der Waals surface area contributed by atoms with Crippen molar-refractivity contribution in [2.45, 2.75) is 20.4 Å². The number of hydrogen-bond acceptors (Lipinski definition) is 4. The van der Waals surface area contributed by atoms with Crippen molar-refractivity contribution >= 4 is 11.6 Å². The van der Waals surface area contributed by atoms with Gasteiger partial charge in [-0.1, -0.05) is 31.9 Å². The number of rotatable bonds is 4. The molecular formula is C22H28N4O. The van der Waals surface area contributed by atoms with Crippen molar-refractivity contribution in [3.63, 3.8) is 0 Å². The van der Waals surface area contributed by atoms with Gasteiger partial charge in [0.15, 0.2) is 0 Å². The minimum atomic E-state index is -0.165. The van der Waals surface area contributed by atoms with E-state index in [9.17, 15) is 4.79 Å². The second-order valence-corrected chi connectivity index (χ2v) is 6.34. The van der Waals surface area contributed by atoms with Crippen LogP contribution in [0.15, 0.2) is 42.7 Å². The number of carbonyl (C=O) groups is 1. The Kier molecular flexibility index (Phi) is 8.00. The van der Waals surface area contributed by atoms with Crippen molar-refractivity contribution in [3.05, 3.63) is 59.4 Å². The van der Waals surface area contributed by atoms with Crippen molar-refractivity contribution in [2.75, 3.05) is 38.5 Å². The van der Waals surface area contributed by atoms with E-state index in [4.69, 9.17) is 6.42 Å². The molecule has 1 aromatic carbocycles. The zero-order valence-electron chi connectivity index (χ0n) is 16.4. The second-order valence-electron chi connectivity index (χ2n) is 6.34. The first kappa shape index (κ1) is 20.6. The van der Waals surface area contributed by atoms with E-state index in [0.29, 0.717) is 16.8 Å². The van der Waals surface area contributed by atoms with Gasteiger partial charge in [-0.2, -0.15) is 0 Å². The van der Waals surface area contributed by atoms with Crippen LogP contribution in [0.4, 0.5) is 5.69 Å². The molecule has 0 atom stereocenters. The van der Waals surface area contributed by atoms with Crippen LogP contribution in [0.5, 0.6) is 0 Å². The number of carbonyl (C=O) groups excluding carboxylic acids is 1. The molecule has 5 heteroatoms. The molecule has 0 radical (unpaired) electrons. The van der Waals surface area contributed by atoms with E-state index in [1.807, 2.05) is 38.1 Å². The predicted octanol–water partition coefficient (Wildman–Crippen LogP) is 3.09. The van der Waals surface area contributed by atoms with Crippen LogP contribution in [0.3, 0.4) is 0 Å². The highest BCUT2D eigenvalue weighted by Crippen LogP contribution is 2.13. The number of anilines is 1. The fourth-order valence-electron chi connectivity index (χ4n) is 2.82. The number of terminal acetylenes is 1. The summed E-state index contributed by atoms with van der Waals surface area (Å²) in [5.74, 6) is 2.34. The van der Waals surface area contributed by atoms with Crippen LogP contribution in [0, 0.1) is 12.3 Å². The number of benzene rings is 1. The summed E-state index contributed by atoms with van der Waals surface area (Å²) in [6.45, 7) is 9.29. The number of nitrogens with one attached hydrogen (secondary N) is 1. The van der Waals surface area contributed by atoms with Crippen molar-refractivity contribution in [1.82, 2.24) is 14.8 Å². The van der Waals surface area contributed by atoms with Gasteiger partial charge in [-0.15, -0.1) is 6.42 Å². The Hall–Kier alpha value is -2.68. The molecule has 1 aromatic heterocycles. The maximum Gasteiger partial charge on any atom is 0.255 e. The molecule has 142 valence electrons. The molecule has 1 aliphatic rings. The van der Waals surface area contributed by atoms with Crippen LogP contribution in [0.25, 0.3) is 0 Å². The normalized spacial score (nSPS) is 14.6. The quantitative estimate of drug-likeness (QED) is 0.847. The number of likely N-dealkylation sites (N-methyl/N-ethyl adjacent to an activating group) is 1. The van der Waals surface area contributed by atoms with Gasteiger partial charge >= 0.3 is 0 Å². The molecule has 27 heavy (non-hydrogen) atoms. The van der Waals surface area contributed by atoms with Gasteiger partial charge in [0.2, 0.25) is 0 Å². The number of nitrogens with zero attached hydrogens (tertiary/aromatic N) is 3. The van der Waals surface area contributed by atoms with Gasteiger partial charge in [-0.3, -0.25) is 14.7 Å². The summed E-state index contributed by atoms with van der Waals surface area (Å²) in [6.07, 6.45) is 8.52. The van der Waals surface area contributed by atoms with Gasteiger partial charge in [-0.25, -0.2) is 0 Å². The smallest absolute Gasteiger partial charge is 0.255 e. The number of pyridine rings is 1. The van der Waals surface area contributed by atoms with E-state index in [1.165, 1.54) is 5.56 Å². The molecule has 0 unspecified atom stereocenters. The minimum Gasteiger partial charge on any atom is -0.321 e. The van der Waals surface area contributed by atoms with Crippen LogP contribution < -0.4 is 5.32 Å². The van der Waals surface area contributed by atoms with Crippen molar-refractivity contribution in [1.29, 1.82) is 0 Å². The van der Waals surface area contributed by atoms with Crippen molar-refractivity contribution in [3.8, 4) is 12.3 Å². The Bertz CT molecular complexity index is 772. The Balaban J connectivity index is 0.00000126. The third kappa shape index (κ3) is 6.21. The molecule has 1 N–H and O–H groups in total. The molecule has 2 heterocycles. The lowest BCUT2D eigenvalue weighted by atomic mass is 10.1. The summed E-state index contributed by atoms with van der Waals surface area (Å²) in [5, 5.41) is 2.83. The third-order valence-corrected chi connectivity index (χ3v) is 4.38. The summed E-state index contributed by atoms with van der Waals surface area (Å²) < 4.78 is 0. The molecule has 3 rings (SSSR count). The fourth-order valence-corrected chi connectivity index (χ4v) is 2.82. The SMILES string of the molecule is C#Cc1cncc(NC(=O)c2ccc(CN3CCN(C)CC3)cc2)c1.CC. The molecule has 0 spiro atoms. The first-order chi connectivity index (χ1) is 13.1. The molecule has 0 bridgehead atoms. The second kappa shape index (κ2) is 10.5. The van der Waals surface area contributed by atoms with Gasteiger partial charge in [0.25, 0.3) is 5.91 Å². The summed E-state index contributed by atoms with van der Waals surface area (Å²) in [5.41, 5.74) is 3.08. The van der Waals surface area contributed by atoms with E-state index in [2.05, 4.69) is 33.1 Å². The maximum absolute atomic E-state index is 12.3. The van der Waals surface area contributed by atoms with E-state index in [-0.39, 0.29) is 5.91 Å². The Morgan fingerprint density at radius 3 is 2.44 bits per heavy atom. The highest BCUT2D eigenvalue weighted by molar-refractivity contribution is 6.04. The molecule has 1 saturated heterocycles. The average Bonchev–Trinajstić information content (AvgIpc) is 2.72. The largest absolute Gasteiger partial charge is 0.321 e. The Morgan fingerprint density at radius 2 is 1.81 bits per heavy atom. The van der Waals surface area contributed by atoms with Crippen LogP contribution in [-0.2, 0) is 6.54 Å². The topological polar surface area (TPSA) is 48.5 Å². The number of piperazine rings is 1. The lowest BCUT2D eigenvalue weighted by Crippen LogP contribution is -2.43. The third-order valence-electron chi connectivity index (χ3n) is 4.38. The van der Waals surface area contributed by atoms with Crippen LogP contribution >= 0.6 is 0 Å². The molecule has 1 amide bonds. The summed E-state index contributed by atoms with van der Waals surface area (Å²) in [7, 11) is 2.15. The molecule has 1 fully saturated rings. The molecule has 5 nitrogen and oxygen atoms in total. The molecule has 2 aromatic rings. The van der Waals surface area contributed by atoms with Crippen molar-refractivity contribution < 1.29 is 4.79 Å². The maximum atomic E-state index is 12.3. The first-order valence-corrected chi connectivity index (χ1v) is 9.37. The number of amides is 1. The lowest BCUT2D eigenvalue weighted by Gasteiger charge is -2.32. The zero-order valence-corrected chi connectivity index (χ0v) is 16.4. The van der Waals surface area contributed by atoms with E-state index in [1.54, 1.807) is 18.5 Å². The average molecular weight is 364 g/mol. The monoisotopic (exact) mass is 364 g/mol. The van der Waals surface area contributed by atoms with Gasteiger partial charge < -0.3 is 10.2 Å². The van der Waals surface area contributed by atoms with E-state index >= 15 is 0 Å². The number of aromatic nitrogens is 1. The highest BCUT2D eigenvalue weighted by Gasteiger charge is 2.14. The molecule has 0 aliphatic carbocycles. The van der Waals surface area contributed by atoms with Crippen LogP contribution in [-0.4, -0.2) is 53.9 Å². The number of hydrogen-bond donors (Lipinski definition) is 1. The summed E-state index contributed by atoms with van der Waals surface area (Å²) in [4.78, 5) is 21.1. The molecule has 0 saturated carbocycles. The Labute approximate surface area is 162 Å². The minimum absolute atomic E-state index is 0.165. The Morgan fingerprint density at radius 1 is 1.15 bits per heavy atom. The van der Waals surface area contributed by atoms with Crippen LogP contribution in [0.1, 0.15) is 35.3 Å². The summed E-state index contributed by atoms with van der Waals surface area (Å²) >= 11 is 0. The predicted molar refractivity (Wildman–Crippen MR) is 111 cm³/mol. The highest BCUT2D eigenvalue weighted by atomic mass is 16.1. The van der Waals surface area contributed by atoms with E-state index in [0.717, 1.165) is 32.7 Å². The van der Waals surface area contributed by atoms with Gasteiger partial charge in [0.05, 0.1) is 11.9 Å².